The molecule has 1 aliphatic rings. The van der Waals surface area contributed by atoms with E-state index in [4.69, 9.17) is 9.88 Å². The van der Waals surface area contributed by atoms with Crippen molar-refractivity contribution in [1.82, 2.24) is 9.80 Å². The number of ether oxygens (including phenoxy) is 1. The molecule has 38 heavy (non-hydrogen) atoms. The number of halogens is 3. The van der Waals surface area contributed by atoms with Gasteiger partial charge in [0.1, 0.15) is 5.60 Å². The molecule has 0 bridgehead atoms. The summed E-state index contributed by atoms with van der Waals surface area (Å²) in [6.07, 6.45) is 0.431. The second-order valence-corrected chi connectivity index (χ2v) is 12.8. The lowest BCUT2D eigenvalue weighted by Gasteiger charge is -2.36. The highest BCUT2D eigenvalue weighted by molar-refractivity contribution is 8.00. The van der Waals surface area contributed by atoms with Gasteiger partial charge >= 0.3 is 11.6 Å². The van der Waals surface area contributed by atoms with Gasteiger partial charge in [0.05, 0.1) is 0 Å². The molecule has 210 valence electrons. The smallest absolute Gasteiger partial charge is 0.444 e. The van der Waals surface area contributed by atoms with E-state index in [1.807, 2.05) is 51.1 Å². The minimum atomic E-state index is -4.41. The molecule has 1 heterocycles. The topological polar surface area (TPSA) is 70.8 Å². The highest BCUT2D eigenvalue weighted by Crippen LogP contribution is 2.42. The van der Waals surface area contributed by atoms with Crippen LogP contribution in [0.1, 0.15) is 27.2 Å². The summed E-state index contributed by atoms with van der Waals surface area (Å²) in [5, 5.41) is 8.98. The number of carbonyl (C=O) groups excluding carboxylic acids is 1. The quantitative estimate of drug-likeness (QED) is 0.233. The summed E-state index contributed by atoms with van der Waals surface area (Å²) in [5.41, 5.74) is -4.50. The molecule has 3 N–H and O–H groups in total. The van der Waals surface area contributed by atoms with Crippen molar-refractivity contribution in [2.45, 2.75) is 59.0 Å². The van der Waals surface area contributed by atoms with Gasteiger partial charge in [-0.25, -0.2) is 4.79 Å². The summed E-state index contributed by atoms with van der Waals surface area (Å²) in [6.45, 7) is 8.90. The van der Waals surface area contributed by atoms with Crippen LogP contribution in [0, 0.1) is 0 Å². The molecule has 1 unspecified atom stereocenters. The largest absolute Gasteiger partial charge is 0.446 e. The Kier molecular flexibility index (Phi) is 11.4. The minimum absolute atomic E-state index is 0.0759. The summed E-state index contributed by atoms with van der Waals surface area (Å²) in [5.74, 6) is 0.686. The van der Waals surface area contributed by atoms with Crippen LogP contribution in [0.5, 0.6) is 0 Å². The van der Waals surface area contributed by atoms with Gasteiger partial charge < -0.3 is 15.0 Å². The Bertz CT molecular complexity index is 1030. The molecule has 1 fully saturated rings. The van der Waals surface area contributed by atoms with Gasteiger partial charge in [-0.1, -0.05) is 18.2 Å². The third kappa shape index (κ3) is 10.8. The molecule has 1 atom stereocenters. The molecule has 0 aromatic heterocycles. The van der Waals surface area contributed by atoms with Gasteiger partial charge in [0.15, 0.2) is 0 Å². The van der Waals surface area contributed by atoms with Gasteiger partial charge in [-0.15, -0.1) is 11.8 Å². The zero-order valence-corrected chi connectivity index (χ0v) is 24.2. The average Bonchev–Trinajstić information content (AvgIpc) is 2.85. The number of anilines is 1. The SMILES string of the molecule is CC(C)(C)OC(=O)N1CCN(CCC(CSc2ccccc2)Nc2ccc(SN)cc2SC(F)(F)F)CC1. The van der Waals surface area contributed by atoms with Crippen molar-refractivity contribution in [3.8, 4) is 0 Å². The summed E-state index contributed by atoms with van der Waals surface area (Å²) in [4.78, 5) is 18.1. The number of nitrogens with zero attached hydrogens (tertiary/aromatic N) is 2. The molecule has 6 nitrogen and oxygen atoms in total. The first kappa shape index (κ1) is 30.8. The first-order valence-electron chi connectivity index (χ1n) is 12.3. The Hall–Kier alpha value is -1.73. The van der Waals surface area contributed by atoms with Crippen LogP contribution in [0.4, 0.5) is 23.7 Å². The average molecular weight is 589 g/mol. The van der Waals surface area contributed by atoms with Gasteiger partial charge in [0, 0.05) is 64.9 Å². The fourth-order valence-corrected chi connectivity index (χ4v) is 5.93. The van der Waals surface area contributed by atoms with Crippen LogP contribution >= 0.6 is 35.5 Å². The lowest BCUT2D eigenvalue weighted by atomic mass is 10.2. The number of amides is 1. The predicted octanol–water partition coefficient (Wildman–Crippen LogP) is 6.78. The first-order valence-corrected chi connectivity index (χ1v) is 15.0. The van der Waals surface area contributed by atoms with Crippen molar-refractivity contribution < 1.29 is 22.7 Å². The monoisotopic (exact) mass is 588 g/mol. The van der Waals surface area contributed by atoms with Crippen LogP contribution in [0.2, 0.25) is 0 Å². The van der Waals surface area contributed by atoms with Gasteiger partial charge in [-0.3, -0.25) is 10.0 Å². The van der Waals surface area contributed by atoms with Crippen molar-refractivity contribution in [2.75, 3.05) is 43.8 Å². The maximum atomic E-state index is 13.3. The number of nitrogens with one attached hydrogen (secondary N) is 1. The minimum Gasteiger partial charge on any atom is -0.444 e. The van der Waals surface area contributed by atoms with Gasteiger partial charge in [-0.05, 0) is 81.2 Å². The third-order valence-electron chi connectivity index (χ3n) is 5.69. The highest BCUT2D eigenvalue weighted by Gasteiger charge is 2.31. The van der Waals surface area contributed by atoms with E-state index in [1.165, 1.54) is 6.07 Å². The number of carbonyl (C=O) groups is 1. The molecular weight excluding hydrogens is 554 g/mol. The molecule has 0 radical (unpaired) electrons. The molecule has 3 rings (SSSR count). The van der Waals surface area contributed by atoms with E-state index in [2.05, 4.69) is 10.2 Å². The Morgan fingerprint density at radius 1 is 1.05 bits per heavy atom. The normalized spacial score (nSPS) is 15.8. The van der Waals surface area contributed by atoms with E-state index < -0.39 is 11.1 Å². The van der Waals surface area contributed by atoms with Crippen molar-refractivity contribution in [3.05, 3.63) is 48.5 Å². The first-order chi connectivity index (χ1) is 17.9. The molecule has 1 aliphatic heterocycles. The van der Waals surface area contributed by atoms with Crippen molar-refractivity contribution in [2.24, 2.45) is 5.14 Å². The van der Waals surface area contributed by atoms with E-state index in [0.717, 1.165) is 42.9 Å². The fourth-order valence-electron chi connectivity index (χ4n) is 3.85. The molecule has 0 spiro atoms. The summed E-state index contributed by atoms with van der Waals surface area (Å²) in [6, 6.07) is 14.7. The molecule has 1 saturated heterocycles. The van der Waals surface area contributed by atoms with E-state index >= 15 is 0 Å². The van der Waals surface area contributed by atoms with Gasteiger partial charge in [0.25, 0.3) is 0 Å². The maximum absolute atomic E-state index is 13.3. The standard InChI is InChI=1S/C26H35F3N4O2S3/c1-25(2,3)35-24(34)33-15-13-32(14-16-33)12-11-19(18-36-20-7-5-4-6-8-20)31-22-10-9-21(38-30)17-23(22)37-26(27,28)29/h4-10,17,19,31H,11-16,18,30H2,1-3H3. The van der Waals surface area contributed by atoms with E-state index in [0.29, 0.717) is 29.4 Å². The Morgan fingerprint density at radius 3 is 2.34 bits per heavy atom. The summed E-state index contributed by atoms with van der Waals surface area (Å²) >= 11 is 2.46. The van der Waals surface area contributed by atoms with E-state index in [1.54, 1.807) is 28.8 Å². The van der Waals surface area contributed by atoms with Crippen LogP contribution in [0.25, 0.3) is 0 Å². The fraction of sp³-hybridized carbons (Fsp3) is 0.500. The van der Waals surface area contributed by atoms with Crippen molar-refractivity contribution in [1.29, 1.82) is 0 Å². The molecule has 0 aliphatic carbocycles. The number of benzene rings is 2. The van der Waals surface area contributed by atoms with E-state index in [-0.39, 0.29) is 28.8 Å². The van der Waals surface area contributed by atoms with Crippen LogP contribution < -0.4 is 10.5 Å². The number of thioether (sulfide) groups is 2. The van der Waals surface area contributed by atoms with Crippen LogP contribution in [0.3, 0.4) is 0 Å². The molecule has 2 aromatic carbocycles. The zero-order valence-electron chi connectivity index (χ0n) is 21.8. The molecular formula is C26H35F3N4O2S3. The molecule has 12 heteroatoms. The Morgan fingerprint density at radius 2 is 1.74 bits per heavy atom. The lowest BCUT2D eigenvalue weighted by molar-refractivity contribution is -0.0328. The van der Waals surface area contributed by atoms with Crippen molar-refractivity contribution >= 4 is 47.3 Å². The van der Waals surface area contributed by atoms with Gasteiger partial charge in [-0.2, -0.15) is 13.2 Å². The number of alkyl halides is 3. The lowest BCUT2D eigenvalue weighted by Crippen LogP contribution is -2.50. The molecule has 0 saturated carbocycles. The maximum Gasteiger partial charge on any atom is 0.446 e. The van der Waals surface area contributed by atoms with Crippen LogP contribution in [-0.2, 0) is 4.74 Å². The summed E-state index contributed by atoms with van der Waals surface area (Å²) in [7, 11) is 0. The Balaban J connectivity index is 1.65. The van der Waals surface area contributed by atoms with E-state index in [9.17, 15) is 18.0 Å². The number of piperazine rings is 1. The number of hydrogen-bond donors (Lipinski definition) is 2. The molecule has 2 aromatic rings. The second kappa shape index (κ2) is 14.1. The van der Waals surface area contributed by atoms with Gasteiger partial charge in [0.2, 0.25) is 0 Å². The second-order valence-electron chi connectivity index (χ2n) is 9.89. The summed E-state index contributed by atoms with van der Waals surface area (Å²) < 4.78 is 45.3. The Labute approximate surface area is 235 Å². The van der Waals surface area contributed by atoms with Crippen molar-refractivity contribution in [3.63, 3.8) is 0 Å². The number of rotatable bonds is 10. The number of hydrogen-bond acceptors (Lipinski definition) is 8. The third-order valence-corrected chi connectivity index (χ3v) is 8.18. The highest BCUT2D eigenvalue weighted by atomic mass is 32.2. The zero-order chi connectivity index (χ0) is 27.8. The van der Waals surface area contributed by atoms with Crippen LogP contribution in [0.15, 0.2) is 63.2 Å². The van der Waals surface area contributed by atoms with Crippen LogP contribution in [-0.4, -0.2) is 71.5 Å². The predicted molar refractivity (Wildman–Crippen MR) is 152 cm³/mol. The molecule has 1 amide bonds. The number of nitrogens with two attached hydrogens (primary N) is 1.